The zero-order valence-corrected chi connectivity index (χ0v) is 12.9. The van der Waals surface area contributed by atoms with Crippen molar-refractivity contribution >= 4 is 5.91 Å². The second kappa shape index (κ2) is 6.89. The molecule has 1 aromatic carbocycles. The van der Waals surface area contributed by atoms with Crippen LogP contribution in [0.4, 0.5) is 0 Å². The predicted octanol–water partition coefficient (Wildman–Crippen LogP) is 1.44. The summed E-state index contributed by atoms with van der Waals surface area (Å²) in [6.07, 6.45) is 0. The maximum atomic E-state index is 12.2. The van der Waals surface area contributed by atoms with Gasteiger partial charge >= 0.3 is 0 Å². The van der Waals surface area contributed by atoms with Crippen molar-refractivity contribution in [1.82, 2.24) is 15.1 Å². The van der Waals surface area contributed by atoms with Gasteiger partial charge in [-0.2, -0.15) is 5.10 Å². The third-order valence-electron chi connectivity index (χ3n) is 3.35. The van der Waals surface area contributed by atoms with Crippen LogP contribution in [0.3, 0.4) is 0 Å². The summed E-state index contributed by atoms with van der Waals surface area (Å²) < 4.78 is 6.43. The molecule has 0 fully saturated rings. The van der Waals surface area contributed by atoms with Crippen molar-refractivity contribution in [3.05, 3.63) is 58.0 Å². The van der Waals surface area contributed by atoms with Gasteiger partial charge in [-0.25, -0.2) is 4.68 Å². The van der Waals surface area contributed by atoms with E-state index in [9.17, 15) is 9.59 Å². The first-order valence-corrected chi connectivity index (χ1v) is 6.99. The molecule has 1 aromatic heterocycles. The van der Waals surface area contributed by atoms with Gasteiger partial charge in [-0.3, -0.25) is 9.59 Å². The summed E-state index contributed by atoms with van der Waals surface area (Å²) in [5, 5.41) is 6.90. The molecule has 1 N–H and O–H groups in total. The minimum atomic E-state index is -0.679. The van der Waals surface area contributed by atoms with Crippen LogP contribution in [0.25, 0.3) is 0 Å². The number of aryl methyl sites for hydroxylation is 1. The molecule has 0 radical (unpaired) electrons. The highest BCUT2D eigenvalue weighted by Gasteiger charge is 2.17. The second-order valence-electron chi connectivity index (χ2n) is 4.96. The van der Waals surface area contributed by atoms with Gasteiger partial charge in [0.1, 0.15) is 11.8 Å². The predicted molar refractivity (Wildman–Crippen MR) is 82.8 cm³/mol. The Kier molecular flexibility index (Phi) is 4.93. The van der Waals surface area contributed by atoms with E-state index in [2.05, 4.69) is 10.4 Å². The largest absolute Gasteiger partial charge is 0.496 e. The first kappa shape index (κ1) is 15.8. The van der Waals surface area contributed by atoms with Crippen molar-refractivity contribution in [3.63, 3.8) is 0 Å². The molecule has 0 spiro atoms. The smallest absolute Gasteiger partial charge is 0.267 e. The number of amides is 1. The Labute approximate surface area is 128 Å². The molecule has 2 rings (SSSR count). The van der Waals surface area contributed by atoms with Crippen molar-refractivity contribution in [2.24, 2.45) is 0 Å². The van der Waals surface area contributed by atoms with E-state index < -0.39 is 6.04 Å². The summed E-state index contributed by atoms with van der Waals surface area (Å²) in [6.45, 7) is 3.74. The van der Waals surface area contributed by atoms with Crippen LogP contribution in [0.15, 0.2) is 41.2 Å². The number of hydrogen-bond donors (Lipinski definition) is 1. The normalized spacial score (nSPS) is 11.8. The van der Waals surface area contributed by atoms with E-state index in [-0.39, 0.29) is 11.5 Å². The van der Waals surface area contributed by atoms with Gasteiger partial charge in [0.15, 0.2) is 0 Å². The molecule has 0 saturated heterocycles. The number of ether oxygens (including phenoxy) is 1. The van der Waals surface area contributed by atoms with Gasteiger partial charge in [-0.05, 0) is 26.0 Å². The van der Waals surface area contributed by atoms with Crippen LogP contribution in [0, 0.1) is 6.92 Å². The number of hydrogen-bond acceptors (Lipinski definition) is 4. The Morgan fingerprint density at radius 2 is 2.05 bits per heavy atom. The molecule has 2 aromatic rings. The van der Waals surface area contributed by atoms with Gasteiger partial charge in [0.2, 0.25) is 5.91 Å². The Hall–Kier alpha value is -2.63. The number of aromatic nitrogens is 2. The lowest BCUT2D eigenvalue weighted by Crippen LogP contribution is -2.36. The highest BCUT2D eigenvalue weighted by atomic mass is 16.5. The minimum absolute atomic E-state index is 0.272. The molecule has 116 valence electrons. The SMILES string of the molecule is COc1ccccc1CNC(=O)C(C)n1nc(C)ccc1=O. The lowest BCUT2D eigenvalue weighted by molar-refractivity contribution is -0.124. The first-order chi connectivity index (χ1) is 10.5. The fourth-order valence-electron chi connectivity index (χ4n) is 2.09. The maximum Gasteiger partial charge on any atom is 0.267 e. The average Bonchev–Trinajstić information content (AvgIpc) is 2.54. The quantitative estimate of drug-likeness (QED) is 0.907. The zero-order chi connectivity index (χ0) is 16.1. The van der Waals surface area contributed by atoms with Gasteiger partial charge in [0, 0.05) is 18.2 Å². The number of rotatable bonds is 5. The van der Waals surface area contributed by atoms with E-state index in [0.717, 1.165) is 5.56 Å². The van der Waals surface area contributed by atoms with Gasteiger partial charge in [0.05, 0.1) is 12.8 Å². The molecule has 22 heavy (non-hydrogen) atoms. The minimum Gasteiger partial charge on any atom is -0.496 e. The number of carbonyl (C=O) groups excluding carboxylic acids is 1. The number of nitrogens with zero attached hydrogens (tertiary/aromatic N) is 2. The molecular formula is C16H19N3O3. The van der Waals surface area contributed by atoms with E-state index in [1.807, 2.05) is 24.3 Å². The fraction of sp³-hybridized carbons (Fsp3) is 0.312. The molecule has 1 unspecified atom stereocenters. The Balaban J connectivity index is 2.09. The molecular weight excluding hydrogens is 282 g/mol. The molecule has 0 bridgehead atoms. The molecule has 0 aliphatic carbocycles. The van der Waals surface area contributed by atoms with E-state index in [1.54, 1.807) is 27.0 Å². The first-order valence-electron chi connectivity index (χ1n) is 6.99. The summed E-state index contributed by atoms with van der Waals surface area (Å²) in [5.41, 5.74) is 1.25. The van der Waals surface area contributed by atoms with E-state index in [4.69, 9.17) is 4.74 Å². The molecule has 0 aliphatic rings. The third-order valence-corrected chi connectivity index (χ3v) is 3.35. The molecule has 6 nitrogen and oxygen atoms in total. The molecule has 0 saturated carbocycles. The lowest BCUT2D eigenvalue weighted by atomic mass is 10.2. The third kappa shape index (κ3) is 3.52. The van der Waals surface area contributed by atoms with Gasteiger partial charge in [-0.1, -0.05) is 18.2 Å². The number of benzene rings is 1. The lowest BCUT2D eigenvalue weighted by Gasteiger charge is -2.15. The van der Waals surface area contributed by atoms with Crippen LogP contribution < -0.4 is 15.6 Å². The summed E-state index contributed by atoms with van der Waals surface area (Å²) in [4.78, 5) is 24.0. The molecule has 0 aliphatic heterocycles. The van der Waals surface area contributed by atoms with E-state index in [1.165, 1.54) is 10.7 Å². The van der Waals surface area contributed by atoms with Crippen molar-refractivity contribution in [1.29, 1.82) is 0 Å². The standard InChI is InChI=1S/C16H19N3O3/c1-11-8-9-15(20)19(18-11)12(2)16(21)17-10-13-6-4-5-7-14(13)22-3/h4-9,12H,10H2,1-3H3,(H,17,21). The highest BCUT2D eigenvalue weighted by molar-refractivity contribution is 5.79. The van der Waals surface area contributed by atoms with Gasteiger partial charge in [0.25, 0.3) is 5.56 Å². The monoisotopic (exact) mass is 301 g/mol. The summed E-state index contributed by atoms with van der Waals surface area (Å²) in [5.74, 6) is 0.437. The number of nitrogens with one attached hydrogen (secondary N) is 1. The average molecular weight is 301 g/mol. The fourth-order valence-corrected chi connectivity index (χ4v) is 2.09. The summed E-state index contributed by atoms with van der Waals surface area (Å²) in [6, 6.07) is 9.80. The topological polar surface area (TPSA) is 73.2 Å². The number of carbonyl (C=O) groups is 1. The Morgan fingerprint density at radius 3 is 2.77 bits per heavy atom. The Bertz CT molecular complexity index is 725. The molecule has 1 heterocycles. The van der Waals surface area contributed by atoms with Crippen LogP contribution >= 0.6 is 0 Å². The summed E-state index contributed by atoms with van der Waals surface area (Å²) >= 11 is 0. The summed E-state index contributed by atoms with van der Waals surface area (Å²) in [7, 11) is 1.58. The van der Waals surface area contributed by atoms with Crippen LogP contribution in [0.5, 0.6) is 5.75 Å². The van der Waals surface area contributed by atoms with E-state index >= 15 is 0 Å². The molecule has 6 heteroatoms. The van der Waals surface area contributed by atoms with Crippen LogP contribution in [-0.4, -0.2) is 22.8 Å². The van der Waals surface area contributed by atoms with Crippen molar-refractivity contribution in [2.75, 3.05) is 7.11 Å². The van der Waals surface area contributed by atoms with Crippen LogP contribution in [0.2, 0.25) is 0 Å². The van der Waals surface area contributed by atoms with Crippen LogP contribution in [0.1, 0.15) is 24.2 Å². The maximum absolute atomic E-state index is 12.2. The van der Waals surface area contributed by atoms with Crippen molar-refractivity contribution < 1.29 is 9.53 Å². The van der Waals surface area contributed by atoms with Gasteiger partial charge in [-0.15, -0.1) is 0 Å². The zero-order valence-electron chi connectivity index (χ0n) is 12.9. The van der Waals surface area contributed by atoms with Crippen LogP contribution in [-0.2, 0) is 11.3 Å². The van der Waals surface area contributed by atoms with Crippen molar-refractivity contribution in [3.8, 4) is 5.75 Å². The van der Waals surface area contributed by atoms with Crippen molar-refractivity contribution in [2.45, 2.75) is 26.4 Å². The molecule has 1 amide bonds. The number of methoxy groups -OCH3 is 1. The Morgan fingerprint density at radius 1 is 1.32 bits per heavy atom. The highest BCUT2D eigenvalue weighted by Crippen LogP contribution is 2.16. The second-order valence-corrected chi connectivity index (χ2v) is 4.96. The molecule has 1 atom stereocenters. The number of para-hydroxylation sites is 1. The van der Waals surface area contributed by atoms with Gasteiger partial charge < -0.3 is 10.1 Å². The van der Waals surface area contributed by atoms with E-state index in [0.29, 0.717) is 18.0 Å².